The molecule has 1 saturated heterocycles. The molecule has 18 heavy (non-hydrogen) atoms. The smallest absolute Gasteiger partial charge is 0.133 e. The number of hydrogen-bond donors (Lipinski definition) is 2. The van der Waals surface area contributed by atoms with Gasteiger partial charge in [-0.25, -0.2) is 9.97 Å². The van der Waals surface area contributed by atoms with Crippen LogP contribution < -0.4 is 10.6 Å². The van der Waals surface area contributed by atoms with Crippen molar-refractivity contribution in [1.82, 2.24) is 15.3 Å². The van der Waals surface area contributed by atoms with E-state index in [2.05, 4.69) is 34.4 Å². The van der Waals surface area contributed by atoms with Gasteiger partial charge >= 0.3 is 0 Å². The topological polar surface area (TPSA) is 49.8 Å². The van der Waals surface area contributed by atoms with Gasteiger partial charge in [0, 0.05) is 30.3 Å². The molecule has 0 spiro atoms. The van der Waals surface area contributed by atoms with E-state index in [0.29, 0.717) is 12.0 Å². The Bertz CT molecular complexity index is 383. The van der Waals surface area contributed by atoms with E-state index in [1.54, 1.807) is 0 Å². The zero-order valence-corrected chi connectivity index (χ0v) is 11.7. The van der Waals surface area contributed by atoms with E-state index in [1.165, 1.54) is 25.8 Å². The zero-order valence-electron chi connectivity index (χ0n) is 11.7. The fraction of sp³-hybridized carbons (Fsp3) is 0.714. The lowest BCUT2D eigenvalue weighted by Crippen LogP contribution is -2.24. The fourth-order valence-electron chi connectivity index (χ4n) is 2.32. The van der Waals surface area contributed by atoms with Gasteiger partial charge in [0.25, 0.3) is 0 Å². The summed E-state index contributed by atoms with van der Waals surface area (Å²) in [6.45, 7) is 8.43. The first kappa shape index (κ1) is 13.3. The predicted octanol–water partition coefficient (Wildman–Crippen LogP) is 2.46. The normalized spacial score (nSPS) is 19.4. The summed E-state index contributed by atoms with van der Waals surface area (Å²) in [7, 11) is 0. The number of rotatable bonds is 5. The quantitative estimate of drug-likeness (QED) is 0.840. The summed E-state index contributed by atoms with van der Waals surface area (Å²) in [5.41, 5.74) is 1.04. The lowest BCUT2D eigenvalue weighted by molar-refractivity contribution is 0.574. The standard InChI is InChI=1S/C14H24N4/c1-10(2)14-17-11(3)9-13(18-14)16-8-6-12-5-4-7-15-12/h9-10,12,15H,4-8H2,1-3H3,(H,16,17,18). The molecular weight excluding hydrogens is 224 g/mol. The van der Waals surface area contributed by atoms with E-state index in [1.807, 2.05) is 13.0 Å². The summed E-state index contributed by atoms with van der Waals surface area (Å²) >= 11 is 0. The summed E-state index contributed by atoms with van der Waals surface area (Å²) in [6, 6.07) is 2.71. The highest BCUT2D eigenvalue weighted by atomic mass is 15.0. The molecule has 0 aromatic carbocycles. The summed E-state index contributed by atoms with van der Waals surface area (Å²) in [6.07, 6.45) is 3.79. The lowest BCUT2D eigenvalue weighted by atomic mass is 10.1. The van der Waals surface area contributed by atoms with Crippen LogP contribution in [0.1, 0.15) is 50.5 Å². The number of anilines is 1. The van der Waals surface area contributed by atoms with Crippen molar-refractivity contribution in [3.05, 3.63) is 17.6 Å². The van der Waals surface area contributed by atoms with E-state index in [9.17, 15) is 0 Å². The highest BCUT2D eigenvalue weighted by Crippen LogP contribution is 2.14. The van der Waals surface area contributed by atoms with Gasteiger partial charge in [-0.3, -0.25) is 0 Å². The molecular formula is C14H24N4. The molecule has 0 radical (unpaired) electrons. The molecule has 0 amide bonds. The lowest BCUT2D eigenvalue weighted by Gasteiger charge is -2.13. The van der Waals surface area contributed by atoms with Crippen molar-refractivity contribution in [2.24, 2.45) is 0 Å². The van der Waals surface area contributed by atoms with Crippen LogP contribution in [0.15, 0.2) is 6.07 Å². The van der Waals surface area contributed by atoms with Crippen LogP contribution in [0.25, 0.3) is 0 Å². The second kappa shape index (κ2) is 6.14. The van der Waals surface area contributed by atoms with Crippen LogP contribution in [-0.4, -0.2) is 29.1 Å². The number of aromatic nitrogens is 2. The fourth-order valence-corrected chi connectivity index (χ4v) is 2.32. The SMILES string of the molecule is Cc1cc(NCCC2CCCN2)nc(C(C)C)n1. The molecule has 2 rings (SSSR count). The van der Waals surface area contributed by atoms with Crippen molar-refractivity contribution in [1.29, 1.82) is 0 Å². The van der Waals surface area contributed by atoms with Crippen LogP contribution in [0.2, 0.25) is 0 Å². The second-order valence-corrected chi connectivity index (χ2v) is 5.42. The van der Waals surface area contributed by atoms with Gasteiger partial charge in [0.15, 0.2) is 0 Å². The molecule has 4 heteroatoms. The third-order valence-corrected chi connectivity index (χ3v) is 3.35. The monoisotopic (exact) mass is 248 g/mol. The second-order valence-electron chi connectivity index (χ2n) is 5.42. The van der Waals surface area contributed by atoms with Crippen LogP contribution in [0, 0.1) is 6.92 Å². The molecule has 1 atom stereocenters. The predicted molar refractivity (Wildman–Crippen MR) is 75.0 cm³/mol. The summed E-state index contributed by atoms with van der Waals surface area (Å²) in [4.78, 5) is 9.01. The Labute approximate surface area is 110 Å². The summed E-state index contributed by atoms with van der Waals surface area (Å²) < 4.78 is 0. The maximum Gasteiger partial charge on any atom is 0.133 e. The molecule has 2 N–H and O–H groups in total. The zero-order chi connectivity index (χ0) is 13.0. The average Bonchev–Trinajstić information content (AvgIpc) is 2.81. The molecule has 4 nitrogen and oxygen atoms in total. The van der Waals surface area contributed by atoms with Crippen LogP contribution in [0.4, 0.5) is 5.82 Å². The summed E-state index contributed by atoms with van der Waals surface area (Å²) in [5, 5.41) is 6.93. The first-order valence-corrected chi connectivity index (χ1v) is 6.98. The molecule has 2 heterocycles. The molecule has 1 fully saturated rings. The van der Waals surface area contributed by atoms with E-state index in [4.69, 9.17) is 0 Å². The minimum absolute atomic E-state index is 0.377. The van der Waals surface area contributed by atoms with Crippen molar-refractivity contribution >= 4 is 5.82 Å². The maximum atomic E-state index is 4.55. The van der Waals surface area contributed by atoms with Gasteiger partial charge in [-0.1, -0.05) is 13.8 Å². The first-order valence-electron chi connectivity index (χ1n) is 6.98. The van der Waals surface area contributed by atoms with Gasteiger partial charge in [-0.15, -0.1) is 0 Å². The van der Waals surface area contributed by atoms with Gasteiger partial charge in [0.1, 0.15) is 11.6 Å². The van der Waals surface area contributed by atoms with Crippen LogP contribution in [0.5, 0.6) is 0 Å². The molecule has 1 aliphatic heterocycles. The van der Waals surface area contributed by atoms with Crippen molar-refractivity contribution in [3.8, 4) is 0 Å². The van der Waals surface area contributed by atoms with Crippen LogP contribution in [-0.2, 0) is 0 Å². The molecule has 1 unspecified atom stereocenters. The van der Waals surface area contributed by atoms with Crippen molar-refractivity contribution < 1.29 is 0 Å². The number of nitrogens with zero attached hydrogens (tertiary/aromatic N) is 2. The Kier molecular flexibility index (Phi) is 4.53. The van der Waals surface area contributed by atoms with Crippen molar-refractivity contribution in [2.75, 3.05) is 18.4 Å². The van der Waals surface area contributed by atoms with E-state index in [0.717, 1.165) is 23.9 Å². The Morgan fingerprint density at radius 1 is 1.44 bits per heavy atom. The number of nitrogens with one attached hydrogen (secondary N) is 2. The Morgan fingerprint density at radius 3 is 2.94 bits per heavy atom. The minimum atomic E-state index is 0.377. The van der Waals surface area contributed by atoms with Gasteiger partial charge in [-0.2, -0.15) is 0 Å². The van der Waals surface area contributed by atoms with Gasteiger partial charge in [0.05, 0.1) is 0 Å². The highest BCUT2D eigenvalue weighted by molar-refractivity contribution is 5.36. The molecule has 0 bridgehead atoms. The third kappa shape index (κ3) is 3.67. The van der Waals surface area contributed by atoms with Crippen LogP contribution >= 0.6 is 0 Å². The molecule has 1 aromatic rings. The van der Waals surface area contributed by atoms with E-state index < -0.39 is 0 Å². The summed E-state index contributed by atoms with van der Waals surface area (Å²) in [5.74, 6) is 2.27. The highest BCUT2D eigenvalue weighted by Gasteiger charge is 2.13. The molecule has 1 aliphatic rings. The molecule has 0 aliphatic carbocycles. The van der Waals surface area contributed by atoms with E-state index in [-0.39, 0.29) is 0 Å². The van der Waals surface area contributed by atoms with Crippen molar-refractivity contribution in [3.63, 3.8) is 0 Å². The van der Waals surface area contributed by atoms with Gasteiger partial charge in [0.2, 0.25) is 0 Å². The number of aryl methyl sites for hydroxylation is 1. The Morgan fingerprint density at radius 2 is 2.28 bits per heavy atom. The van der Waals surface area contributed by atoms with Gasteiger partial charge in [-0.05, 0) is 32.7 Å². The first-order chi connectivity index (χ1) is 8.65. The molecule has 1 aromatic heterocycles. The minimum Gasteiger partial charge on any atom is -0.370 e. The van der Waals surface area contributed by atoms with Crippen molar-refractivity contribution in [2.45, 2.75) is 52.0 Å². The van der Waals surface area contributed by atoms with Crippen LogP contribution in [0.3, 0.4) is 0 Å². The largest absolute Gasteiger partial charge is 0.370 e. The van der Waals surface area contributed by atoms with Gasteiger partial charge < -0.3 is 10.6 Å². The molecule has 100 valence electrons. The van der Waals surface area contributed by atoms with E-state index >= 15 is 0 Å². The average molecular weight is 248 g/mol. The Hall–Kier alpha value is -1.16. The maximum absolute atomic E-state index is 4.55. The third-order valence-electron chi connectivity index (χ3n) is 3.35. The Balaban J connectivity index is 1.88. The molecule has 0 saturated carbocycles. The number of hydrogen-bond acceptors (Lipinski definition) is 4.